The maximum absolute atomic E-state index is 12.3. The van der Waals surface area contributed by atoms with E-state index in [0.29, 0.717) is 5.69 Å². The summed E-state index contributed by atoms with van der Waals surface area (Å²) in [6, 6.07) is 1.60. The second-order valence-corrected chi connectivity index (χ2v) is 6.48. The number of aromatic amines is 1. The molecule has 1 heterocycles. The third-order valence-electron chi connectivity index (χ3n) is 3.40. The summed E-state index contributed by atoms with van der Waals surface area (Å²) in [4.78, 5) is 2.98. The Kier molecular flexibility index (Phi) is 3.56. The molecule has 96 valence electrons. The number of nitrogens with one attached hydrogen (secondary N) is 1. The minimum atomic E-state index is -3.42. The average Bonchev–Trinajstić information content (AvgIpc) is 2.98. The van der Waals surface area contributed by atoms with Gasteiger partial charge in [0, 0.05) is 25.0 Å². The summed E-state index contributed by atoms with van der Waals surface area (Å²) in [6.07, 6.45) is 5.51. The van der Waals surface area contributed by atoms with E-state index in [1.165, 1.54) is 16.6 Å². The molecule has 0 unspecified atom stereocenters. The van der Waals surface area contributed by atoms with Gasteiger partial charge in [-0.25, -0.2) is 8.42 Å². The zero-order valence-electron chi connectivity index (χ0n) is 9.89. The number of nitrogens with zero attached hydrogens (tertiary/aromatic N) is 1. The molecule has 1 fully saturated rings. The van der Waals surface area contributed by atoms with E-state index in [2.05, 4.69) is 4.98 Å². The summed E-state index contributed by atoms with van der Waals surface area (Å²) in [5.74, 6) is 0. The Balaban J connectivity index is 2.22. The lowest BCUT2D eigenvalue weighted by molar-refractivity contribution is 0.277. The van der Waals surface area contributed by atoms with E-state index < -0.39 is 10.0 Å². The summed E-state index contributed by atoms with van der Waals surface area (Å²) < 4.78 is 26.0. The van der Waals surface area contributed by atoms with E-state index in [-0.39, 0.29) is 17.5 Å². The van der Waals surface area contributed by atoms with Crippen LogP contribution in [0.2, 0.25) is 0 Å². The zero-order chi connectivity index (χ0) is 12.5. The van der Waals surface area contributed by atoms with Crippen molar-refractivity contribution in [1.29, 1.82) is 0 Å². The van der Waals surface area contributed by atoms with Gasteiger partial charge in [-0.15, -0.1) is 0 Å². The lowest BCUT2D eigenvalue weighted by Crippen LogP contribution is -2.34. The van der Waals surface area contributed by atoms with Crippen molar-refractivity contribution in [2.75, 3.05) is 7.05 Å². The molecular weight excluding hydrogens is 240 g/mol. The van der Waals surface area contributed by atoms with Crippen LogP contribution < -0.4 is 0 Å². The summed E-state index contributed by atoms with van der Waals surface area (Å²) >= 11 is 0. The molecule has 1 aromatic heterocycles. The van der Waals surface area contributed by atoms with Crippen molar-refractivity contribution in [3.8, 4) is 0 Å². The summed E-state index contributed by atoms with van der Waals surface area (Å²) in [6.45, 7) is -0.178. The Morgan fingerprint density at radius 1 is 1.47 bits per heavy atom. The molecule has 2 rings (SSSR count). The van der Waals surface area contributed by atoms with Crippen molar-refractivity contribution in [3.63, 3.8) is 0 Å². The van der Waals surface area contributed by atoms with Gasteiger partial charge in [0.1, 0.15) is 0 Å². The van der Waals surface area contributed by atoms with Crippen molar-refractivity contribution in [3.05, 3.63) is 18.0 Å². The third kappa shape index (κ3) is 2.38. The Bertz CT molecular complexity index is 475. The highest BCUT2D eigenvalue weighted by Crippen LogP contribution is 2.27. The van der Waals surface area contributed by atoms with Crippen LogP contribution in [0.25, 0.3) is 0 Å². The number of aromatic nitrogens is 1. The fourth-order valence-corrected chi connectivity index (χ4v) is 3.72. The van der Waals surface area contributed by atoms with Gasteiger partial charge < -0.3 is 10.1 Å². The van der Waals surface area contributed by atoms with Crippen LogP contribution in [0.5, 0.6) is 0 Å². The van der Waals surface area contributed by atoms with E-state index in [0.717, 1.165) is 25.7 Å². The molecule has 0 saturated heterocycles. The highest BCUT2D eigenvalue weighted by Gasteiger charge is 2.30. The fourth-order valence-electron chi connectivity index (χ4n) is 2.29. The first kappa shape index (κ1) is 12.6. The number of hydrogen-bond acceptors (Lipinski definition) is 3. The van der Waals surface area contributed by atoms with Gasteiger partial charge in [-0.3, -0.25) is 0 Å². The second-order valence-electron chi connectivity index (χ2n) is 4.48. The number of aliphatic hydroxyl groups excluding tert-OH is 1. The Morgan fingerprint density at radius 3 is 2.65 bits per heavy atom. The maximum Gasteiger partial charge on any atom is 0.244 e. The molecule has 1 saturated carbocycles. The average molecular weight is 258 g/mol. The Morgan fingerprint density at radius 2 is 2.12 bits per heavy atom. The van der Waals surface area contributed by atoms with Crippen LogP contribution in [0.4, 0.5) is 0 Å². The lowest BCUT2D eigenvalue weighted by atomic mass is 10.3. The topological polar surface area (TPSA) is 73.4 Å². The highest BCUT2D eigenvalue weighted by atomic mass is 32.2. The van der Waals surface area contributed by atoms with Crippen molar-refractivity contribution in [2.24, 2.45) is 0 Å². The van der Waals surface area contributed by atoms with E-state index in [4.69, 9.17) is 5.11 Å². The lowest BCUT2D eigenvalue weighted by Gasteiger charge is -2.22. The van der Waals surface area contributed by atoms with Gasteiger partial charge in [0.15, 0.2) is 0 Å². The number of H-pyrrole nitrogens is 1. The first-order chi connectivity index (χ1) is 8.05. The molecule has 2 N–H and O–H groups in total. The van der Waals surface area contributed by atoms with Crippen molar-refractivity contribution in [2.45, 2.75) is 43.2 Å². The van der Waals surface area contributed by atoms with Crippen LogP contribution in [-0.2, 0) is 16.6 Å². The molecule has 0 amide bonds. The van der Waals surface area contributed by atoms with E-state index in [1.807, 2.05) is 0 Å². The van der Waals surface area contributed by atoms with E-state index in [1.54, 1.807) is 7.05 Å². The molecule has 0 bridgehead atoms. The molecule has 0 aliphatic heterocycles. The quantitative estimate of drug-likeness (QED) is 0.848. The van der Waals surface area contributed by atoms with Gasteiger partial charge in [0.25, 0.3) is 0 Å². The van der Waals surface area contributed by atoms with Crippen LogP contribution in [0.3, 0.4) is 0 Å². The third-order valence-corrected chi connectivity index (χ3v) is 5.29. The number of aliphatic hydroxyl groups is 1. The van der Waals surface area contributed by atoms with Gasteiger partial charge in [-0.05, 0) is 18.9 Å². The fraction of sp³-hybridized carbons (Fsp3) is 0.636. The zero-order valence-corrected chi connectivity index (χ0v) is 10.7. The molecule has 1 aliphatic carbocycles. The van der Waals surface area contributed by atoms with E-state index >= 15 is 0 Å². The standard InChI is InChI=1S/C11H18N2O3S/c1-13(10-4-2-3-5-10)17(15,16)11-6-9(8-14)12-7-11/h6-7,10,12,14H,2-5,8H2,1H3. The maximum atomic E-state index is 12.3. The van der Waals surface area contributed by atoms with Crippen molar-refractivity contribution >= 4 is 10.0 Å². The van der Waals surface area contributed by atoms with Gasteiger partial charge in [0.2, 0.25) is 10.0 Å². The molecule has 17 heavy (non-hydrogen) atoms. The molecule has 0 aromatic carbocycles. The number of sulfonamides is 1. The molecular formula is C11H18N2O3S. The van der Waals surface area contributed by atoms with Crippen molar-refractivity contribution in [1.82, 2.24) is 9.29 Å². The number of rotatable bonds is 4. The first-order valence-electron chi connectivity index (χ1n) is 5.82. The molecule has 1 aliphatic rings. The monoisotopic (exact) mass is 258 g/mol. The molecule has 6 heteroatoms. The molecule has 0 radical (unpaired) electrons. The van der Waals surface area contributed by atoms with Crippen LogP contribution >= 0.6 is 0 Å². The summed E-state index contributed by atoms with van der Waals surface area (Å²) in [7, 11) is -1.78. The molecule has 5 nitrogen and oxygen atoms in total. The predicted octanol–water partition coefficient (Wildman–Crippen LogP) is 1.07. The Hall–Kier alpha value is -0.850. The van der Waals surface area contributed by atoms with Gasteiger partial charge in [-0.2, -0.15) is 4.31 Å². The highest BCUT2D eigenvalue weighted by molar-refractivity contribution is 7.89. The largest absolute Gasteiger partial charge is 0.390 e. The molecule has 0 spiro atoms. The second kappa shape index (κ2) is 4.80. The minimum Gasteiger partial charge on any atom is -0.390 e. The van der Waals surface area contributed by atoms with Gasteiger partial charge >= 0.3 is 0 Å². The van der Waals surface area contributed by atoms with Crippen LogP contribution in [-0.4, -0.2) is 35.9 Å². The van der Waals surface area contributed by atoms with Crippen LogP contribution in [0.1, 0.15) is 31.4 Å². The Labute approximate surface area is 102 Å². The smallest absolute Gasteiger partial charge is 0.244 e. The van der Waals surface area contributed by atoms with Crippen molar-refractivity contribution < 1.29 is 13.5 Å². The molecule has 1 aromatic rings. The predicted molar refractivity (Wildman–Crippen MR) is 63.9 cm³/mol. The van der Waals surface area contributed by atoms with Gasteiger partial charge in [0.05, 0.1) is 11.5 Å². The van der Waals surface area contributed by atoms with Gasteiger partial charge in [-0.1, -0.05) is 12.8 Å². The van der Waals surface area contributed by atoms with Crippen LogP contribution in [0, 0.1) is 0 Å². The van der Waals surface area contributed by atoms with E-state index in [9.17, 15) is 8.42 Å². The first-order valence-corrected chi connectivity index (χ1v) is 7.26. The summed E-state index contributed by atoms with van der Waals surface area (Å²) in [5, 5.41) is 8.93. The normalized spacial score (nSPS) is 18.1. The summed E-state index contributed by atoms with van der Waals surface area (Å²) in [5.41, 5.74) is 0.517. The SMILES string of the molecule is CN(C1CCCC1)S(=O)(=O)c1c[nH]c(CO)c1. The molecule has 0 atom stereocenters. The number of hydrogen-bond donors (Lipinski definition) is 2. The minimum absolute atomic E-state index is 0.118. The van der Waals surface area contributed by atoms with Crippen LogP contribution in [0.15, 0.2) is 17.2 Å².